The van der Waals surface area contributed by atoms with Crippen molar-refractivity contribution in [2.75, 3.05) is 20.1 Å². The Hall–Kier alpha value is -0.610. The zero-order chi connectivity index (χ0) is 13.3. The van der Waals surface area contributed by atoms with Crippen molar-refractivity contribution in [3.05, 3.63) is 0 Å². The molecule has 4 heteroatoms. The molecule has 2 aliphatic carbocycles. The van der Waals surface area contributed by atoms with E-state index >= 15 is 0 Å². The number of carboxylic acids is 1. The lowest BCUT2D eigenvalue weighted by atomic mass is 9.91. The summed E-state index contributed by atoms with van der Waals surface area (Å²) in [6.45, 7) is 5.56. The first-order chi connectivity index (χ1) is 8.51. The SMILES string of the molecule is CCNC(CN(C)C(C)C1CC1)(C(=O)O)C1CC1. The molecule has 0 saturated heterocycles. The van der Waals surface area contributed by atoms with Crippen molar-refractivity contribution in [2.24, 2.45) is 11.8 Å². The Morgan fingerprint density at radius 1 is 1.44 bits per heavy atom. The van der Waals surface area contributed by atoms with Gasteiger partial charge in [-0.1, -0.05) is 6.92 Å². The minimum atomic E-state index is -0.730. The molecule has 0 amide bonds. The fourth-order valence-electron chi connectivity index (χ4n) is 3.01. The standard InChI is InChI=1S/C14H26N2O2/c1-4-15-14(13(17)18,12-7-8-12)9-16(3)10(2)11-5-6-11/h10-12,15H,4-9H2,1-3H3,(H,17,18). The molecule has 2 rings (SSSR count). The zero-order valence-corrected chi connectivity index (χ0v) is 11.8. The predicted octanol–water partition coefficient (Wildman–Crippen LogP) is 1.56. The van der Waals surface area contributed by atoms with Crippen LogP contribution in [0.2, 0.25) is 0 Å². The van der Waals surface area contributed by atoms with Crippen LogP contribution in [-0.4, -0.2) is 47.7 Å². The fourth-order valence-corrected chi connectivity index (χ4v) is 3.01. The number of nitrogens with zero attached hydrogens (tertiary/aromatic N) is 1. The van der Waals surface area contributed by atoms with Crippen molar-refractivity contribution < 1.29 is 9.90 Å². The summed E-state index contributed by atoms with van der Waals surface area (Å²) in [7, 11) is 2.07. The van der Waals surface area contributed by atoms with Crippen LogP contribution in [0.15, 0.2) is 0 Å². The summed E-state index contributed by atoms with van der Waals surface area (Å²) < 4.78 is 0. The maximum absolute atomic E-state index is 11.7. The van der Waals surface area contributed by atoms with Gasteiger partial charge in [-0.3, -0.25) is 4.79 Å². The Morgan fingerprint density at radius 3 is 2.44 bits per heavy atom. The van der Waals surface area contributed by atoms with Gasteiger partial charge < -0.3 is 15.3 Å². The Labute approximate surface area is 110 Å². The van der Waals surface area contributed by atoms with Crippen LogP contribution in [0.4, 0.5) is 0 Å². The highest BCUT2D eigenvalue weighted by molar-refractivity contribution is 5.80. The van der Waals surface area contributed by atoms with E-state index in [2.05, 4.69) is 24.2 Å². The number of carboxylic acid groups (broad SMARTS) is 1. The Kier molecular flexibility index (Phi) is 3.97. The smallest absolute Gasteiger partial charge is 0.325 e. The van der Waals surface area contributed by atoms with Crippen LogP contribution in [0.3, 0.4) is 0 Å². The predicted molar refractivity (Wildman–Crippen MR) is 71.6 cm³/mol. The third kappa shape index (κ3) is 2.69. The Bertz CT molecular complexity index is 313. The molecule has 0 aromatic heterocycles. The highest BCUT2D eigenvalue weighted by atomic mass is 16.4. The van der Waals surface area contributed by atoms with E-state index in [9.17, 15) is 9.90 Å². The first-order valence-corrected chi connectivity index (χ1v) is 7.20. The van der Waals surface area contributed by atoms with Crippen LogP contribution < -0.4 is 5.32 Å². The molecule has 18 heavy (non-hydrogen) atoms. The molecule has 104 valence electrons. The van der Waals surface area contributed by atoms with E-state index in [0.717, 1.165) is 18.8 Å². The van der Waals surface area contributed by atoms with Gasteiger partial charge in [-0.25, -0.2) is 0 Å². The summed E-state index contributed by atoms with van der Waals surface area (Å²) in [6, 6.07) is 0.501. The molecule has 0 aromatic rings. The van der Waals surface area contributed by atoms with E-state index in [0.29, 0.717) is 25.0 Å². The van der Waals surface area contributed by atoms with E-state index in [1.165, 1.54) is 12.8 Å². The van der Waals surface area contributed by atoms with Crippen LogP contribution in [0, 0.1) is 11.8 Å². The molecule has 0 radical (unpaired) electrons. The van der Waals surface area contributed by atoms with Gasteiger partial charge >= 0.3 is 5.97 Å². The summed E-state index contributed by atoms with van der Waals surface area (Å²) in [4.78, 5) is 14.0. The third-order valence-electron chi connectivity index (χ3n) is 4.65. The minimum absolute atomic E-state index is 0.309. The molecular weight excluding hydrogens is 228 g/mol. The van der Waals surface area contributed by atoms with E-state index in [1.54, 1.807) is 0 Å². The second kappa shape index (κ2) is 5.17. The number of hydrogen-bond acceptors (Lipinski definition) is 3. The van der Waals surface area contributed by atoms with E-state index in [1.807, 2.05) is 6.92 Å². The van der Waals surface area contributed by atoms with Gasteiger partial charge in [0.1, 0.15) is 5.54 Å². The number of nitrogens with one attached hydrogen (secondary N) is 1. The molecule has 2 saturated carbocycles. The fraction of sp³-hybridized carbons (Fsp3) is 0.929. The molecule has 0 aliphatic heterocycles. The average Bonchev–Trinajstić information content (AvgIpc) is 3.19. The number of likely N-dealkylation sites (N-methyl/N-ethyl adjacent to an activating group) is 2. The maximum atomic E-state index is 11.7. The van der Waals surface area contributed by atoms with Crippen molar-refractivity contribution in [3.63, 3.8) is 0 Å². The quantitative estimate of drug-likeness (QED) is 0.690. The molecule has 2 aliphatic rings. The van der Waals surface area contributed by atoms with Gasteiger partial charge in [-0.2, -0.15) is 0 Å². The number of hydrogen-bond donors (Lipinski definition) is 2. The largest absolute Gasteiger partial charge is 0.480 e. The molecule has 0 heterocycles. The van der Waals surface area contributed by atoms with Crippen LogP contribution in [0.25, 0.3) is 0 Å². The second-order valence-corrected chi connectivity index (χ2v) is 6.07. The van der Waals surface area contributed by atoms with E-state index in [4.69, 9.17) is 0 Å². The second-order valence-electron chi connectivity index (χ2n) is 6.07. The number of carbonyl (C=O) groups is 1. The van der Waals surface area contributed by atoms with Gasteiger partial charge in [0, 0.05) is 12.6 Å². The van der Waals surface area contributed by atoms with E-state index < -0.39 is 11.5 Å². The van der Waals surface area contributed by atoms with Gasteiger partial charge in [0.25, 0.3) is 0 Å². The summed E-state index contributed by atoms with van der Waals surface area (Å²) in [5.74, 6) is 0.410. The summed E-state index contributed by atoms with van der Waals surface area (Å²) in [5, 5.41) is 12.9. The van der Waals surface area contributed by atoms with Gasteiger partial charge in [-0.05, 0) is 58.0 Å². The topological polar surface area (TPSA) is 52.6 Å². The lowest BCUT2D eigenvalue weighted by Gasteiger charge is -2.37. The minimum Gasteiger partial charge on any atom is -0.480 e. The molecule has 2 unspecified atom stereocenters. The van der Waals surface area contributed by atoms with Crippen molar-refractivity contribution in [1.29, 1.82) is 0 Å². The maximum Gasteiger partial charge on any atom is 0.325 e. The van der Waals surface area contributed by atoms with Crippen molar-refractivity contribution >= 4 is 5.97 Å². The van der Waals surface area contributed by atoms with Crippen LogP contribution in [0.5, 0.6) is 0 Å². The highest BCUT2D eigenvalue weighted by Gasteiger charge is 2.52. The van der Waals surface area contributed by atoms with Crippen molar-refractivity contribution in [2.45, 2.75) is 51.1 Å². The Morgan fingerprint density at radius 2 is 2.06 bits per heavy atom. The van der Waals surface area contributed by atoms with Gasteiger partial charge in [0.2, 0.25) is 0 Å². The Balaban J connectivity index is 2.05. The molecule has 2 atom stereocenters. The van der Waals surface area contributed by atoms with Crippen molar-refractivity contribution in [3.8, 4) is 0 Å². The van der Waals surface area contributed by atoms with E-state index in [-0.39, 0.29) is 0 Å². The monoisotopic (exact) mass is 254 g/mol. The van der Waals surface area contributed by atoms with Crippen LogP contribution >= 0.6 is 0 Å². The molecule has 0 spiro atoms. The third-order valence-corrected chi connectivity index (χ3v) is 4.65. The highest BCUT2D eigenvalue weighted by Crippen LogP contribution is 2.42. The van der Waals surface area contributed by atoms with Crippen LogP contribution in [-0.2, 0) is 4.79 Å². The van der Waals surface area contributed by atoms with Gasteiger partial charge in [-0.15, -0.1) is 0 Å². The first kappa shape index (κ1) is 13.8. The normalized spacial score (nSPS) is 24.9. The summed E-state index contributed by atoms with van der Waals surface area (Å²) in [5.41, 5.74) is -0.730. The first-order valence-electron chi connectivity index (χ1n) is 7.20. The van der Waals surface area contributed by atoms with Crippen molar-refractivity contribution in [1.82, 2.24) is 10.2 Å². The molecular formula is C14H26N2O2. The van der Waals surface area contributed by atoms with Gasteiger partial charge in [0.05, 0.1) is 0 Å². The molecule has 2 N–H and O–H groups in total. The summed E-state index contributed by atoms with van der Waals surface area (Å²) >= 11 is 0. The molecule has 0 aromatic carbocycles. The van der Waals surface area contributed by atoms with Crippen LogP contribution in [0.1, 0.15) is 39.5 Å². The zero-order valence-electron chi connectivity index (χ0n) is 11.8. The lowest BCUT2D eigenvalue weighted by molar-refractivity contribution is -0.147. The molecule has 0 bridgehead atoms. The number of aliphatic carboxylic acids is 1. The molecule has 2 fully saturated rings. The van der Waals surface area contributed by atoms with Gasteiger partial charge in [0.15, 0.2) is 0 Å². The number of rotatable bonds is 8. The lowest BCUT2D eigenvalue weighted by Crippen LogP contribution is -2.61. The summed E-state index contributed by atoms with van der Waals surface area (Å²) in [6.07, 6.45) is 4.70. The average molecular weight is 254 g/mol. The molecule has 4 nitrogen and oxygen atoms in total.